The molecule has 5 nitrogen and oxygen atoms in total. The van der Waals surface area contributed by atoms with Crippen molar-refractivity contribution in [2.75, 3.05) is 25.5 Å². The summed E-state index contributed by atoms with van der Waals surface area (Å²) in [5.41, 5.74) is 8.78. The van der Waals surface area contributed by atoms with Crippen LogP contribution in [-0.2, 0) is 14.8 Å². The van der Waals surface area contributed by atoms with Gasteiger partial charge in [0, 0.05) is 6.54 Å². The fourth-order valence-corrected chi connectivity index (χ4v) is 2.83. The zero-order valence-corrected chi connectivity index (χ0v) is 13.0. The largest absolute Gasteiger partial charge is 0.398 e. The first-order chi connectivity index (χ1) is 9.24. The summed E-state index contributed by atoms with van der Waals surface area (Å²) in [6.45, 7) is 10.2. The highest BCUT2D eigenvalue weighted by Crippen LogP contribution is 2.22. The maximum atomic E-state index is 12.1. The first-order valence-electron chi connectivity index (χ1n) is 6.32. The number of aryl methyl sites for hydroxylation is 2. The van der Waals surface area contributed by atoms with Gasteiger partial charge in [0.25, 0.3) is 0 Å². The summed E-state index contributed by atoms with van der Waals surface area (Å²) in [7, 11) is -3.61. The van der Waals surface area contributed by atoms with Gasteiger partial charge in [-0.1, -0.05) is 12.2 Å². The maximum absolute atomic E-state index is 12.1. The molecule has 6 heteroatoms. The number of benzene rings is 1. The summed E-state index contributed by atoms with van der Waals surface area (Å²) in [5.74, 6) is 0. The molecule has 0 heterocycles. The van der Waals surface area contributed by atoms with Crippen molar-refractivity contribution in [3.63, 3.8) is 0 Å². The Hall–Kier alpha value is -1.37. The molecule has 0 bridgehead atoms. The monoisotopic (exact) mass is 298 g/mol. The SMILES string of the molecule is C=C(C)COCCNS(=O)(=O)c1cc(C)c(C)cc1N. The number of nitrogens with two attached hydrogens (primary N) is 1. The summed E-state index contributed by atoms with van der Waals surface area (Å²) in [6.07, 6.45) is 0. The lowest BCUT2D eigenvalue weighted by Gasteiger charge is -2.11. The lowest BCUT2D eigenvalue weighted by atomic mass is 10.1. The number of anilines is 1. The van der Waals surface area contributed by atoms with Crippen molar-refractivity contribution in [2.45, 2.75) is 25.7 Å². The van der Waals surface area contributed by atoms with Crippen molar-refractivity contribution in [1.82, 2.24) is 4.72 Å². The fourth-order valence-electron chi connectivity index (χ4n) is 1.62. The van der Waals surface area contributed by atoms with Gasteiger partial charge in [-0.3, -0.25) is 0 Å². The van der Waals surface area contributed by atoms with Gasteiger partial charge in [0.05, 0.1) is 18.9 Å². The predicted molar refractivity (Wildman–Crippen MR) is 81.1 cm³/mol. The molecule has 0 atom stereocenters. The number of sulfonamides is 1. The first-order valence-corrected chi connectivity index (χ1v) is 7.81. The van der Waals surface area contributed by atoms with E-state index in [9.17, 15) is 8.42 Å². The minimum absolute atomic E-state index is 0.112. The van der Waals surface area contributed by atoms with Gasteiger partial charge in [-0.05, 0) is 44.0 Å². The summed E-state index contributed by atoms with van der Waals surface area (Å²) >= 11 is 0. The van der Waals surface area contributed by atoms with Gasteiger partial charge < -0.3 is 10.5 Å². The molecule has 0 saturated carbocycles. The normalized spacial score (nSPS) is 11.6. The zero-order chi connectivity index (χ0) is 15.3. The van der Waals surface area contributed by atoms with Crippen LogP contribution in [0.15, 0.2) is 29.2 Å². The quantitative estimate of drug-likeness (QED) is 0.456. The van der Waals surface area contributed by atoms with Gasteiger partial charge in [0.1, 0.15) is 4.90 Å². The zero-order valence-electron chi connectivity index (χ0n) is 12.2. The molecule has 0 aromatic heterocycles. The number of nitrogens with one attached hydrogen (secondary N) is 1. The minimum Gasteiger partial charge on any atom is -0.398 e. The third-order valence-electron chi connectivity index (χ3n) is 2.80. The highest BCUT2D eigenvalue weighted by atomic mass is 32.2. The molecule has 0 amide bonds. The van der Waals surface area contributed by atoms with Crippen LogP contribution in [0, 0.1) is 13.8 Å². The molecule has 0 unspecified atom stereocenters. The minimum atomic E-state index is -3.61. The molecule has 0 aliphatic rings. The van der Waals surface area contributed by atoms with Gasteiger partial charge in [-0.15, -0.1) is 0 Å². The van der Waals surface area contributed by atoms with Crippen LogP contribution in [0.1, 0.15) is 18.1 Å². The number of rotatable bonds is 7. The molecule has 0 fully saturated rings. The van der Waals surface area contributed by atoms with Crippen molar-refractivity contribution in [2.24, 2.45) is 0 Å². The Labute approximate surface area is 120 Å². The standard InChI is InChI=1S/C14H22N2O3S/c1-10(2)9-19-6-5-16-20(17,18)14-8-12(4)11(3)7-13(14)15/h7-8,16H,1,5-6,9,15H2,2-4H3. The lowest BCUT2D eigenvalue weighted by Crippen LogP contribution is -2.28. The van der Waals surface area contributed by atoms with Crippen molar-refractivity contribution < 1.29 is 13.2 Å². The number of hydrogen-bond acceptors (Lipinski definition) is 4. The van der Waals surface area contributed by atoms with Crippen LogP contribution in [-0.4, -0.2) is 28.2 Å². The third kappa shape index (κ3) is 4.63. The first kappa shape index (κ1) is 16.7. The van der Waals surface area contributed by atoms with Gasteiger partial charge in [-0.25, -0.2) is 13.1 Å². The summed E-state index contributed by atoms with van der Waals surface area (Å²) in [4.78, 5) is 0.112. The Balaban J connectivity index is 2.70. The molecular formula is C14H22N2O3S. The molecule has 0 spiro atoms. The van der Waals surface area contributed by atoms with Crippen LogP contribution >= 0.6 is 0 Å². The van der Waals surface area contributed by atoms with Crippen LogP contribution in [0.5, 0.6) is 0 Å². The van der Waals surface area contributed by atoms with E-state index in [1.54, 1.807) is 12.1 Å². The second-order valence-corrected chi connectivity index (χ2v) is 6.62. The average Bonchev–Trinajstić information content (AvgIpc) is 2.32. The second-order valence-electron chi connectivity index (χ2n) is 4.88. The van der Waals surface area contributed by atoms with E-state index in [4.69, 9.17) is 10.5 Å². The van der Waals surface area contributed by atoms with E-state index in [1.807, 2.05) is 20.8 Å². The topological polar surface area (TPSA) is 81.4 Å². The molecule has 1 aromatic rings. The predicted octanol–water partition coefficient (Wildman–Crippen LogP) is 1.76. The van der Waals surface area contributed by atoms with E-state index in [1.165, 1.54) is 0 Å². The van der Waals surface area contributed by atoms with Gasteiger partial charge in [0.2, 0.25) is 10.0 Å². The number of hydrogen-bond donors (Lipinski definition) is 2. The van der Waals surface area contributed by atoms with Crippen LogP contribution in [0.25, 0.3) is 0 Å². The highest BCUT2D eigenvalue weighted by molar-refractivity contribution is 7.89. The van der Waals surface area contributed by atoms with Gasteiger partial charge in [0.15, 0.2) is 0 Å². The molecule has 0 radical (unpaired) electrons. The summed E-state index contributed by atoms with van der Waals surface area (Å²) in [6, 6.07) is 3.25. The van der Waals surface area contributed by atoms with Crippen LogP contribution < -0.4 is 10.5 Å². The molecule has 1 aromatic carbocycles. The molecular weight excluding hydrogens is 276 g/mol. The highest BCUT2D eigenvalue weighted by Gasteiger charge is 2.17. The molecule has 0 aliphatic heterocycles. The summed E-state index contributed by atoms with van der Waals surface area (Å²) < 4.78 is 32.0. The Kier molecular flexibility index (Phi) is 5.74. The molecule has 112 valence electrons. The number of ether oxygens (including phenoxy) is 1. The van der Waals surface area contributed by atoms with E-state index in [-0.39, 0.29) is 23.7 Å². The van der Waals surface area contributed by atoms with Crippen molar-refractivity contribution >= 4 is 15.7 Å². The Morgan fingerprint density at radius 2 is 1.95 bits per heavy atom. The molecule has 0 saturated heterocycles. The van der Waals surface area contributed by atoms with E-state index in [2.05, 4.69) is 11.3 Å². The summed E-state index contributed by atoms with van der Waals surface area (Å²) in [5, 5.41) is 0. The number of nitrogen functional groups attached to an aromatic ring is 1. The third-order valence-corrected chi connectivity index (χ3v) is 4.32. The van der Waals surface area contributed by atoms with Crippen molar-refractivity contribution in [3.05, 3.63) is 35.4 Å². The fraction of sp³-hybridized carbons (Fsp3) is 0.429. The van der Waals surface area contributed by atoms with E-state index in [0.717, 1.165) is 16.7 Å². The lowest BCUT2D eigenvalue weighted by molar-refractivity contribution is 0.162. The van der Waals surface area contributed by atoms with E-state index >= 15 is 0 Å². The van der Waals surface area contributed by atoms with Crippen molar-refractivity contribution in [3.8, 4) is 0 Å². The Morgan fingerprint density at radius 1 is 1.35 bits per heavy atom. The molecule has 20 heavy (non-hydrogen) atoms. The molecule has 0 aliphatic carbocycles. The van der Waals surface area contributed by atoms with Crippen LogP contribution in [0.4, 0.5) is 5.69 Å². The maximum Gasteiger partial charge on any atom is 0.242 e. The second kappa shape index (κ2) is 6.88. The van der Waals surface area contributed by atoms with Gasteiger partial charge >= 0.3 is 0 Å². The molecule has 1 rings (SSSR count). The smallest absolute Gasteiger partial charge is 0.242 e. The van der Waals surface area contributed by atoms with Crippen LogP contribution in [0.3, 0.4) is 0 Å². The van der Waals surface area contributed by atoms with Crippen LogP contribution in [0.2, 0.25) is 0 Å². The Bertz CT molecular complexity index is 595. The average molecular weight is 298 g/mol. The van der Waals surface area contributed by atoms with E-state index < -0.39 is 10.0 Å². The van der Waals surface area contributed by atoms with Gasteiger partial charge in [-0.2, -0.15) is 0 Å². The Morgan fingerprint density at radius 3 is 2.55 bits per heavy atom. The van der Waals surface area contributed by atoms with Crippen molar-refractivity contribution in [1.29, 1.82) is 0 Å². The molecule has 3 N–H and O–H groups in total. The van der Waals surface area contributed by atoms with E-state index in [0.29, 0.717) is 6.61 Å².